The summed E-state index contributed by atoms with van der Waals surface area (Å²) in [7, 11) is 4.14. The van der Waals surface area contributed by atoms with Crippen LogP contribution in [0.25, 0.3) is 21.9 Å². The minimum Gasteiger partial charge on any atom is -0.493 e. The van der Waals surface area contributed by atoms with Crippen molar-refractivity contribution >= 4 is 16.6 Å². The summed E-state index contributed by atoms with van der Waals surface area (Å²) < 4.78 is 20.2. The van der Waals surface area contributed by atoms with E-state index in [0.717, 1.165) is 46.2 Å². The molecule has 0 atom stereocenters. The number of aryl methyl sites for hydroxylation is 1. The van der Waals surface area contributed by atoms with Crippen molar-refractivity contribution in [3.63, 3.8) is 0 Å². The molecule has 0 bridgehead atoms. The van der Waals surface area contributed by atoms with Gasteiger partial charge in [-0.3, -0.25) is 4.98 Å². The molecular formula is C27H27FN4O. The number of ether oxygens (including phenoxy) is 1. The monoisotopic (exact) mass is 442 g/mol. The lowest BCUT2D eigenvalue weighted by Gasteiger charge is -2.16. The highest BCUT2D eigenvalue weighted by molar-refractivity contribution is 6.01. The van der Waals surface area contributed by atoms with Crippen LogP contribution < -0.4 is 10.1 Å². The molecule has 1 aliphatic heterocycles. The molecular weight excluding hydrogens is 415 g/mol. The summed E-state index contributed by atoms with van der Waals surface area (Å²) in [5.41, 5.74) is 6.27. The van der Waals surface area contributed by atoms with Gasteiger partial charge < -0.3 is 15.0 Å². The minimum absolute atomic E-state index is 0.223. The molecule has 0 aliphatic carbocycles. The maximum atomic E-state index is 14.6. The van der Waals surface area contributed by atoms with Crippen molar-refractivity contribution < 1.29 is 9.13 Å². The number of halogens is 1. The van der Waals surface area contributed by atoms with Crippen LogP contribution in [0.4, 0.5) is 10.2 Å². The van der Waals surface area contributed by atoms with Crippen LogP contribution >= 0.6 is 0 Å². The maximum absolute atomic E-state index is 14.6. The van der Waals surface area contributed by atoms with E-state index in [-0.39, 0.29) is 5.82 Å². The molecule has 0 amide bonds. The Bertz CT molecular complexity index is 1340. The number of fused-ring (bicyclic) bond motifs is 2. The van der Waals surface area contributed by atoms with Crippen LogP contribution in [0.15, 0.2) is 55.0 Å². The summed E-state index contributed by atoms with van der Waals surface area (Å²) in [6.07, 6.45) is 6.24. The number of hydrogen-bond acceptors (Lipinski definition) is 5. The van der Waals surface area contributed by atoms with Crippen molar-refractivity contribution in [1.29, 1.82) is 0 Å². The van der Waals surface area contributed by atoms with Crippen LogP contribution in [0.3, 0.4) is 0 Å². The number of anilines is 1. The summed E-state index contributed by atoms with van der Waals surface area (Å²) in [5, 5.41) is 5.32. The third kappa shape index (κ3) is 4.14. The fourth-order valence-electron chi connectivity index (χ4n) is 4.61. The Balaban J connectivity index is 1.49. The Labute approximate surface area is 193 Å². The zero-order valence-electron chi connectivity index (χ0n) is 19.2. The first-order valence-corrected chi connectivity index (χ1v) is 11.2. The molecule has 33 heavy (non-hydrogen) atoms. The van der Waals surface area contributed by atoms with E-state index in [1.54, 1.807) is 12.3 Å². The molecule has 3 heterocycles. The summed E-state index contributed by atoms with van der Waals surface area (Å²) in [4.78, 5) is 11.2. The van der Waals surface area contributed by atoms with Gasteiger partial charge in [-0.05, 0) is 61.3 Å². The molecule has 0 unspecified atom stereocenters. The lowest BCUT2D eigenvalue weighted by Crippen LogP contribution is -2.10. The van der Waals surface area contributed by atoms with Gasteiger partial charge in [-0.1, -0.05) is 18.2 Å². The number of nitrogens with zero attached hydrogens (tertiary/aromatic N) is 3. The third-order valence-electron chi connectivity index (χ3n) is 6.14. The smallest absolute Gasteiger partial charge is 0.135 e. The highest BCUT2D eigenvalue weighted by atomic mass is 19.1. The van der Waals surface area contributed by atoms with Crippen LogP contribution in [0.1, 0.15) is 22.3 Å². The second-order valence-electron chi connectivity index (χ2n) is 8.78. The second kappa shape index (κ2) is 8.79. The van der Waals surface area contributed by atoms with Crippen LogP contribution in [0.5, 0.6) is 5.75 Å². The quantitative estimate of drug-likeness (QED) is 0.436. The van der Waals surface area contributed by atoms with E-state index in [1.165, 1.54) is 17.2 Å². The Morgan fingerprint density at radius 3 is 2.76 bits per heavy atom. The zero-order chi connectivity index (χ0) is 22.9. The molecule has 1 aliphatic rings. The summed E-state index contributed by atoms with van der Waals surface area (Å²) in [6, 6.07) is 11.8. The number of rotatable bonds is 6. The van der Waals surface area contributed by atoms with Crippen molar-refractivity contribution in [3.05, 3.63) is 83.1 Å². The molecule has 2 aromatic carbocycles. The van der Waals surface area contributed by atoms with E-state index in [2.05, 4.69) is 54.4 Å². The van der Waals surface area contributed by atoms with Gasteiger partial charge >= 0.3 is 0 Å². The lowest BCUT2D eigenvalue weighted by molar-refractivity contribution is 0.356. The molecule has 0 radical (unpaired) electrons. The molecule has 0 saturated heterocycles. The van der Waals surface area contributed by atoms with Crippen LogP contribution in [-0.4, -0.2) is 35.6 Å². The SMILES string of the molecule is Cc1cc(CN(C)C)ccc1-c1cnc(NCc2c(F)ccc3c2CCO3)c2cnccc12. The van der Waals surface area contributed by atoms with Crippen LogP contribution in [-0.2, 0) is 19.5 Å². The Morgan fingerprint density at radius 2 is 1.94 bits per heavy atom. The Morgan fingerprint density at radius 1 is 1.06 bits per heavy atom. The first kappa shape index (κ1) is 21.3. The molecule has 4 aromatic rings. The maximum Gasteiger partial charge on any atom is 0.135 e. The van der Waals surface area contributed by atoms with E-state index in [0.29, 0.717) is 24.5 Å². The van der Waals surface area contributed by atoms with E-state index >= 15 is 0 Å². The normalized spacial score (nSPS) is 12.8. The number of aromatic nitrogens is 2. The van der Waals surface area contributed by atoms with Crippen molar-refractivity contribution in [2.24, 2.45) is 0 Å². The van der Waals surface area contributed by atoms with Crippen LogP contribution in [0, 0.1) is 12.7 Å². The highest BCUT2D eigenvalue weighted by Gasteiger charge is 2.20. The van der Waals surface area contributed by atoms with Gasteiger partial charge in [0, 0.05) is 60.2 Å². The molecule has 5 rings (SSSR count). The van der Waals surface area contributed by atoms with Crippen molar-refractivity contribution in [3.8, 4) is 16.9 Å². The van der Waals surface area contributed by atoms with Gasteiger partial charge in [-0.15, -0.1) is 0 Å². The molecule has 168 valence electrons. The predicted molar refractivity (Wildman–Crippen MR) is 130 cm³/mol. The second-order valence-corrected chi connectivity index (χ2v) is 8.78. The average Bonchev–Trinajstić information content (AvgIpc) is 3.27. The highest BCUT2D eigenvalue weighted by Crippen LogP contribution is 2.35. The summed E-state index contributed by atoms with van der Waals surface area (Å²) in [6.45, 7) is 3.97. The van der Waals surface area contributed by atoms with E-state index in [9.17, 15) is 4.39 Å². The minimum atomic E-state index is -0.223. The fraction of sp³-hybridized carbons (Fsp3) is 0.259. The van der Waals surface area contributed by atoms with Gasteiger partial charge in [0.2, 0.25) is 0 Å². The molecule has 5 nitrogen and oxygen atoms in total. The predicted octanol–water partition coefficient (Wildman–Crippen LogP) is 5.35. The molecule has 0 saturated carbocycles. The van der Waals surface area contributed by atoms with E-state index in [4.69, 9.17) is 9.72 Å². The summed E-state index contributed by atoms with van der Waals surface area (Å²) >= 11 is 0. The molecule has 0 fully saturated rings. The summed E-state index contributed by atoms with van der Waals surface area (Å²) in [5.74, 6) is 1.25. The van der Waals surface area contributed by atoms with Gasteiger partial charge in [0.1, 0.15) is 17.4 Å². The van der Waals surface area contributed by atoms with Gasteiger partial charge in [-0.2, -0.15) is 0 Å². The molecule has 1 N–H and O–H groups in total. The largest absolute Gasteiger partial charge is 0.493 e. The topological polar surface area (TPSA) is 50.3 Å². The standard InChI is InChI=1S/C27H27FN4O/c1-17-12-18(16-32(2)3)4-5-19(17)22-14-30-27(24-13-29-10-8-20(22)24)31-15-23-21-9-11-33-26(21)7-6-25(23)28/h4-8,10,12-14H,9,11,15-16H2,1-3H3,(H,30,31). The first-order chi connectivity index (χ1) is 16.0. The van der Waals surface area contributed by atoms with Gasteiger partial charge in [0.05, 0.1) is 6.61 Å². The average molecular weight is 443 g/mol. The molecule has 6 heteroatoms. The van der Waals surface area contributed by atoms with Gasteiger partial charge in [-0.25, -0.2) is 9.37 Å². The number of hydrogen-bond donors (Lipinski definition) is 1. The van der Waals surface area contributed by atoms with E-state index in [1.807, 2.05) is 18.5 Å². The lowest BCUT2D eigenvalue weighted by atomic mass is 9.96. The van der Waals surface area contributed by atoms with E-state index < -0.39 is 0 Å². The van der Waals surface area contributed by atoms with Crippen LogP contribution in [0.2, 0.25) is 0 Å². The van der Waals surface area contributed by atoms with Crippen molar-refractivity contribution in [1.82, 2.24) is 14.9 Å². The van der Waals surface area contributed by atoms with Crippen molar-refractivity contribution in [2.45, 2.75) is 26.4 Å². The third-order valence-corrected chi connectivity index (χ3v) is 6.14. The first-order valence-electron chi connectivity index (χ1n) is 11.2. The van der Waals surface area contributed by atoms with Crippen molar-refractivity contribution in [2.75, 3.05) is 26.0 Å². The number of pyridine rings is 2. The number of nitrogens with one attached hydrogen (secondary N) is 1. The molecule has 2 aromatic heterocycles. The Hall–Kier alpha value is -3.51. The number of benzene rings is 2. The fourth-order valence-corrected chi connectivity index (χ4v) is 4.61. The van der Waals surface area contributed by atoms with Gasteiger partial charge in [0.25, 0.3) is 0 Å². The Kier molecular flexibility index (Phi) is 5.68. The zero-order valence-corrected chi connectivity index (χ0v) is 19.2. The molecule has 0 spiro atoms. The van der Waals surface area contributed by atoms with Gasteiger partial charge in [0.15, 0.2) is 0 Å².